The van der Waals surface area contributed by atoms with Crippen LogP contribution in [0.25, 0.3) is 21.3 Å². The lowest BCUT2D eigenvalue weighted by molar-refractivity contribution is -0.139. The zero-order valence-corrected chi connectivity index (χ0v) is 15.7. The third kappa shape index (κ3) is 3.41. The molecule has 118 valence electrons. The molecular weight excluding hydrogens is 396 g/mol. The summed E-state index contributed by atoms with van der Waals surface area (Å²) in [4.78, 5) is 21.3. The fourth-order valence-corrected chi connectivity index (χ4v) is 4.37. The Balaban J connectivity index is 2.07. The normalized spacial score (nSPS) is 12.3. The van der Waals surface area contributed by atoms with Gasteiger partial charge in [-0.05, 0) is 24.6 Å². The first-order valence-electron chi connectivity index (χ1n) is 6.82. The quantitative estimate of drug-likeness (QED) is 0.353. The number of esters is 1. The standard InChI is InChI=1S/C16H13BrN2O2S2/c1-9(16(20)21-2)23-15-13-12(7-22-14(13)18-8-19-15)10-3-5-11(17)6-4-10/h3-9H,1-2H3. The molecule has 0 N–H and O–H groups in total. The third-order valence-corrected chi connectivity index (χ3v) is 5.81. The molecule has 7 heteroatoms. The SMILES string of the molecule is COC(=O)C(C)Sc1ncnc2scc(-c3ccc(Br)cc3)c12. The minimum atomic E-state index is -0.323. The summed E-state index contributed by atoms with van der Waals surface area (Å²) in [6, 6.07) is 8.12. The molecule has 0 saturated heterocycles. The Morgan fingerprint density at radius 1 is 1.30 bits per heavy atom. The Bertz CT molecular complexity index is 849. The van der Waals surface area contributed by atoms with E-state index in [9.17, 15) is 4.79 Å². The van der Waals surface area contributed by atoms with Gasteiger partial charge in [-0.1, -0.05) is 39.8 Å². The minimum Gasteiger partial charge on any atom is -0.468 e. The van der Waals surface area contributed by atoms with E-state index in [1.165, 1.54) is 25.2 Å². The van der Waals surface area contributed by atoms with Crippen LogP contribution in [0.4, 0.5) is 0 Å². The van der Waals surface area contributed by atoms with Gasteiger partial charge in [-0.2, -0.15) is 0 Å². The molecule has 0 amide bonds. The highest BCUT2D eigenvalue weighted by molar-refractivity contribution is 9.10. The van der Waals surface area contributed by atoms with Crippen LogP contribution >= 0.6 is 39.0 Å². The van der Waals surface area contributed by atoms with Gasteiger partial charge in [0.15, 0.2) is 0 Å². The first-order chi connectivity index (χ1) is 11.1. The molecule has 0 fully saturated rings. The summed E-state index contributed by atoms with van der Waals surface area (Å²) >= 11 is 6.42. The zero-order valence-electron chi connectivity index (χ0n) is 12.4. The molecule has 2 heterocycles. The van der Waals surface area contributed by atoms with E-state index in [1.807, 2.05) is 19.1 Å². The Morgan fingerprint density at radius 3 is 2.74 bits per heavy atom. The van der Waals surface area contributed by atoms with Gasteiger partial charge in [0.2, 0.25) is 0 Å². The summed E-state index contributed by atoms with van der Waals surface area (Å²) in [5.41, 5.74) is 2.18. The van der Waals surface area contributed by atoms with Crippen molar-refractivity contribution in [3.63, 3.8) is 0 Å². The number of methoxy groups -OCH3 is 1. The van der Waals surface area contributed by atoms with Gasteiger partial charge in [0.25, 0.3) is 0 Å². The van der Waals surface area contributed by atoms with Crippen molar-refractivity contribution in [3.05, 3.63) is 40.4 Å². The number of aromatic nitrogens is 2. The second-order valence-corrected chi connectivity index (χ2v) is 7.90. The van der Waals surface area contributed by atoms with Crippen LogP contribution in [-0.2, 0) is 9.53 Å². The highest BCUT2D eigenvalue weighted by atomic mass is 79.9. The maximum atomic E-state index is 11.7. The van der Waals surface area contributed by atoms with Gasteiger partial charge in [-0.25, -0.2) is 9.97 Å². The van der Waals surface area contributed by atoms with Crippen molar-refractivity contribution < 1.29 is 9.53 Å². The summed E-state index contributed by atoms with van der Waals surface area (Å²) in [5.74, 6) is -0.262. The van der Waals surface area contributed by atoms with Crippen molar-refractivity contribution in [1.82, 2.24) is 9.97 Å². The fourth-order valence-electron chi connectivity index (χ4n) is 2.16. The average Bonchev–Trinajstić information content (AvgIpc) is 3.00. The van der Waals surface area contributed by atoms with Crippen LogP contribution in [0.3, 0.4) is 0 Å². The molecule has 0 aliphatic carbocycles. The largest absolute Gasteiger partial charge is 0.468 e. The monoisotopic (exact) mass is 408 g/mol. The van der Waals surface area contributed by atoms with Crippen molar-refractivity contribution in [2.75, 3.05) is 7.11 Å². The number of nitrogens with zero attached hydrogens (tertiary/aromatic N) is 2. The molecule has 0 bridgehead atoms. The highest BCUT2D eigenvalue weighted by Gasteiger charge is 2.20. The summed E-state index contributed by atoms with van der Waals surface area (Å²) < 4.78 is 5.83. The van der Waals surface area contributed by atoms with Crippen LogP contribution in [0.15, 0.2) is 45.5 Å². The molecule has 0 spiro atoms. The molecule has 23 heavy (non-hydrogen) atoms. The van der Waals surface area contributed by atoms with Gasteiger partial charge >= 0.3 is 5.97 Å². The van der Waals surface area contributed by atoms with E-state index in [-0.39, 0.29) is 11.2 Å². The number of hydrogen-bond donors (Lipinski definition) is 0. The van der Waals surface area contributed by atoms with Crippen molar-refractivity contribution in [1.29, 1.82) is 0 Å². The maximum absolute atomic E-state index is 11.7. The Labute approximate surface area is 150 Å². The number of carbonyl (C=O) groups excluding carboxylic acids is 1. The number of thiophene rings is 1. The number of carbonyl (C=O) groups is 1. The third-order valence-electron chi connectivity index (χ3n) is 3.31. The Hall–Kier alpha value is -1.44. The number of rotatable bonds is 4. The van der Waals surface area contributed by atoms with Crippen LogP contribution in [0.5, 0.6) is 0 Å². The zero-order chi connectivity index (χ0) is 16.4. The number of hydrogen-bond acceptors (Lipinski definition) is 6. The summed E-state index contributed by atoms with van der Waals surface area (Å²) in [6.07, 6.45) is 1.54. The van der Waals surface area contributed by atoms with E-state index < -0.39 is 0 Å². The molecule has 4 nitrogen and oxygen atoms in total. The van der Waals surface area contributed by atoms with E-state index in [4.69, 9.17) is 4.74 Å². The molecule has 0 saturated carbocycles. The summed E-state index contributed by atoms with van der Waals surface area (Å²) in [6.45, 7) is 1.82. The molecule has 1 atom stereocenters. The van der Waals surface area contributed by atoms with Crippen LogP contribution in [0, 0.1) is 0 Å². The average molecular weight is 409 g/mol. The van der Waals surface area contributed by atoms with Gasteiger partial charge in [0.05, 0.1) is 12.5 Å². The first kappa shape index (κ1) is 16.4. The number of halogens is 1. The number of benzene rings is 1. The fraction of sp³-hybridized carbons (Fsp3) is 0.188. The lowest BCUT2D eigenvalue weighted by Crippen LogP contribution is -2.14. The molecule has 2 aromatic heterocycles. The van der Waals surface area contributed by atoms with Crippen molar-refractivity contribution >= 4 is 55.2 Å². The Morgan fingerprint density at radius 2 is 2.04 bits per heavy atom. The van der Waals surface area contributed by atoms with Gasteiger partial charge in [0.1, 0.15) is 21.4 Å². The van der Waals surface area contributed by atoms with Gasteiger partial charge < -0.3 is 4.74 Å². The smallest absolute Gasteiger partial charge is 0.318 e. The van der Waals surface area contributed by atoms with Crippen molar-refractivity contribution in [3.8, 4) is 11.1 Å². The second kappa shape index (κ2) is 6.98. The Kier molecular flexibility index (Phi) is 4.99. The molecule has 3 rings (SSSR count). The van der Waals surface area contributed by atoms with E-state index in [1.54, 1.807) is 11.3 Å². The van der Waals surface area contributed by atoms with Crippen molar-refractivity contribution in [2.45, 2.75) is 17.2 Å². The van der Waals surface area contributed by atoms with E-state index in [0.717, 1.165) is 30.8 Å². The minimum absolute atomic E-state index is 0.262. The lowest BCUT2D eigenvalue weighted by atomic mass is 10.1. The van der Waals surface area contributed by atoms with Crippen LogP contribution < -0.4 is 0 Å². The topological polar surface area (TPSA) is 52.1 Å². The van der Waals surface area contributed by atoms with Gasteiger partial charge in [-0.3, -0.25) is 4.79 Å². The molecular formula is C16H13BrN2O2S2. The van der Waals surface area contributed by atoms with E-state index in [0.29, 0.717) is 0 Å². The predicted octanol–water partition coefficient (Wildman–Crippen LogP) is 4.77. The molecule has 0 aliphatic heterocycles. The summed E-state index contributed by atoms with van der Waals surface area (Å²) in [5, 5.41) is 3.54. The van der Waals surface area contributed by atoms with Gasteiger partial charge in [0, 0.05) is 15.4 Å². The molecule has 1 unspecified atom stereocenters. The van der Waals surface area contributed by atoms with Crippen molar-refractivity contribution in [2.24, 2.45) is 0 Å². The highest BCUT2D eigenvalue weighted by Crippen LogP contribution is 2.39. The maximum Gasteiger partial charge on any atom is 0.318 e. The van der Waals surface area contributed by atoms with Gasteiger partial charge in [-0.15, -0.1) is 11.3 Å². The predicted molar refractivity (Wildman–Crippen MR) is 97.9 cm³/mol. The number of fused-ring (bicyclic) bond motifs is 1. The number of ether oxygens (including phenoxy) is 1. The molecule has 1 aromatic carbocycles. The molecule has 0 aliphatic rings. The molecule has 3 aromatic rings. The lowest BCUT2D eigenvalue weighted by Gasteiger charge is -2.10. The van der Waals surface area contributed by atoms with Crippen LogP contribution in [-0.4, -0.2) is 28.3 Å². The second-order valence-electron chi connectivity index (χ2n) is 4.80. The number of thioether (sulfide) groups is 1. The van der Waals surface area contributed by atoms with Crippen LogP contribution in [0.2, 0.25) is 0 Å². The van der Waals surface area contributed by atoms with E-state index in [2.05, 4.69) is 43.4 Å². The summed E-state index contributed by atoms with van der Waals surface area (Å²) in [7, 11) is 1.40. The molecule has 0 radical (unpaired) electrons. The van der Waals surface area contributed by atoms with E-state index >= 15 is 0 Å². The first-order valence-corrected chi connectivity index (χ1v) is 9.38. The van der Waals surface area contributed by atoms with Crippen LogP contribution in [0.1, 0.15) is 6.92 Å².